The summed E-state index contributed by atoms with van der Waals surface area (Å²) in [6, 6.07) is -0.698. The molecule has 3 atom stereocenters. The first kappa shape index (κ1) is 29.3. The van der Waals surface area contributed by atoms with Crippen molar-refractivity contribution in [2.75, 3.05) is 20.2 Å². The highest BCUT2D eigenvalue weighted by Gasteiger charge is 2.38. The standard InChI is InChI=1S/C28H49N3O4/c1-8-35-28(34)21(6)18-24(19(2)3)30(7)27(33)25(22-14-10-9-11-15-22)29-26(32)23-16-12-13-17-31(23)20(4)5/h18-20,22-25H,8-17H2,1-7H3,(H,29,32)/t23-,24-,25+/m1/s1. The summed E-state index contributed by atoms with van der Waals surface area (Å²) in [5, 5.41) is 3.23. The maximum Gasteiger partial charge on any atom is 0.333 e. The van der Waals surface area contributed by atoms with Crippen LogP contribution in [0.5, 0.6) is 0 Å². The number of likely N-dealkylation sites (N-methyl/N-ethyl adjacent to an activating group) is 1. The minimum Gasteiger partial charge on any atom is -0.463 e. The zero-order chi connectivity index (χ0) is 26.1. The number of nitrogens with zero attached hydrogens (tertiary/aromatic N) is 2. The van der Waals surface area contributed by atoms with E-state index in [4.69, 9.17) is 4.74 Å². The maximum atomic E-state index is 14.0. The third kappa shape index (κ3) is 8.06. The highest BCUT2D eigenvalue weighted by molar-refractivity contribution is 5.91. The molecule has 0 unspecified atom stereocenters. The third-order valence-corrected chi connectivity index (χ3v) is 7.69. The molecule has 35 heavy (non-hydrogen) atoms. The lowest BCUT2D eigenvalue weighted by atomic mass is 9.82. The molecule has 2 aliphatic rings. The fraction of sp³-hybridized carbons (Fsp3) is 0.821. The molecular formula is C28H49N3O4. The van der Waals surface area contributed by atoms with Crippen molar-refractivity contribution < 1.29 is 19.1 Å². The monoisotopic (exact) mass is 491 g/mol. The summed E-state index contributed by atoms with van der Waals surface area (Å²) < 4.78 is 5.14. The Bertz CT molecular complexity index is 742. The molecule has 0 aromatic heterocycles. The van der Waals surface area contributed by atoms with Gasteiger partial charge >= 0.3 is 5.97 Å². The normalized spacial score (nSPS) is 22.1. The van der Waals surface area contributed by atoms with Crippen molar-refractivity contribution in [1.29, 1.82) is 0 Å². The smallest absolute Gasteiger partial charge is 0.333 e. The van der Waals surface area contributed by atoms with Crippen LogP contribution in [-0.4, -0.2) is 72.0 Å². The fourth-order valence-corrected chi connectivity index (χ4v) is 5.64. The van der Waals surface area contributed by atoms with Gasteiger partial charge in [-0.05, 0) is 71.8 Å². The number of likely N-dealkylation sites (tertiary alicyclic amines) is 1. The van der Waals surface area contributed by atoms with Gasteiger partial charge in [-0.3, -0.25) is 14.5 Å². The van der Waals surface area contributed by atoms with Crippen LogP contribution in [0, 0.1) is 11.8 Å². The Labute approximate surface area is 213 Å². The van der Waals surface area contributed by atoms with Gasteiger partial charge in [0.25, 0.3) is 0 Å². The van der Waals surface area contributed by atoms with Gasteiger partial charge < -0.3 is 15.0 Å². The van der Waals surface area contributed by atoms with Crippen molar-refractivity contribution in [3.05, 3.63) is 11.6 Å². The Balaban J connectivity index is 2.28. The molecule has 1 aliphatic heterocycles. The van der Waals surface area contributed by atoms with Gasteiger partial charge in [0.05, 0.1) is 18.7 Å². The molecule has 0 aromatic rings. The van der Waals surface area contributed by atoms with Gasteiger partial charge in [0.15, 0.2) is 0 Å². The van der Waals surface area contributed by atoms with Crippen LogP contribution in [0.15, 0.2) is 11.6 Å². The lowest BCUT2D eigenvalue weighted by Gasteiger charge is -2.40. The van der Waals surface area contributed by atoms with Crippen LogP contribution >= 0.6 is 0 Å². The van der Waals surface area contributed by atoms with Crippen LogP contribution in [-0.2, 0) is 19.1 Å². The molecule has 2 amide bonds. The summed E-state index contributed by atoms with van der Waals surface area (Å²) >= 11 is 0. The van der Waals surface area contributed by atoms with Crippen molar-refractivity contribution in [2.45, 2.75) is 117 Å². The van der Waals surface area contributed by atoms with Crippen molar-refractivity contribution in [3.8, 4) is 0 Å². The number of esters is 1. The Morgan fingerprint density at radius 3 is 2.23 bits per heavy atom. The van der Waals surface area contributed by atoms with E-state index in [1.54, 1.807) is 25.8 Å². The molecule has 0 bridgehead atoms. The minimum atomic E-state index is -0.540. The zero-order valence-corrected chi connectivity index (χ0v) is 23.1. The van der Waals surface area contributed by atoms with Gasteiger partial charge in [-0.2, -0.15) is 0 Å². The van der Waals surface area contributed by atoms with E-state index in [1.165, 1.54) is 6.42 Å². The van der Waals surface area contributed by atoms with E-state index in [0.717, 1.165) is 51.5 Å². The van der Waals surface area contributed by atoms with Crippen molar-refractivity contribution in [1.82, 2.24) is 15.1 Å². The molecule has 2 rings (SSSR count). The molecule has 2 fully saturated rings. The Hall–Kier alpha value is -1.89. The van der Waals surface area contributed by atoms with Gasteiger partial charge in [0.2, 0.25) is 11.8 Å². The maximum absolute atomic E-state index is 14.0. The Kier molecular flexibility index (Phi) is 11.7. The van der Waals surface area contributed by atoms with Crippen LogP contribution in [0.2, 0.25) is 0 Å². The quantitative estimate of drug-likeness (QED) is 0.364. The summed E-state index contributed by atoms with van der Waals surface area (Å²) in [6.45, 7) is 13.1. The van der Waals surface area contributed by atoms with E-state index >= 15 is 0 Å². The lowest BCUT2D eigenvalue weighted by molar-refractivity contribution is -0.141. The average molecular weight is 492 g/mol. The summed E-state index contributed by atoms with van der Waals surface area (Å²) in [6.07, 6.45) is 10.1. The lowest BCUT2D eigenvalue weighted by Crippen LogP contribution is -2.59. The van der Waals surface area contributed by atoms with Crippen LogP contribution in [0.4, 0.5) is 0 Å². The van der Waals surface area contributed by atoms with Gasteiger partial charge in [-0.25, -0.2) is 4.79 Å². The average Bonchev–Trinajstić information content (AvgIpc) is 2.85. The second-order valence-electron chi connectivity index (χ2n) is 11.0. The molecule has 7 nitrogen and oxygen atoms in total. The predicted octanol–water partition coefficient (Wildman–Crippen LogP) is 4.31. The number of amides is 2. The first-order valence-electron chi connectivity index (χ1n) is 13.8. The van der Waals surface area contributed by atoms with Gasteiger partial charge in [0, 0.05) is 18.7 Å². The highest BCUT2D eigenvalue weighted by atomic mass is 16.5. The molecule has 7 heteroatoms. The number of carbonyl (C=O) groups excluding carboxylic acids is 3. The topological polar surface area (TPSA) is 79.0 Å². The van der Waals surface area contributed by atoms with E-state index in [0.29, 0.717) is 18.2 Å². The molecule has 0 spiro atoms. The van der Waals surface area contributed by atoms with Crippen molar-refractivity contribution in [2.24, 2.45) is 11.8 Å². The second-order valence-corrected chi connectivity index (χ2v) is 11.0. The largest absolute Gasteiger partial charge is 0.463 e. The number of hydrogen-bond acceptors (Lipinski definition) is 5. The summed E-state index contributed by atoms with van der Waals surface area (Å²) in [5.41, 5.74) is 0.498. The van der Waals surface area contributed by atoms with E-state index in [9.17, 15) is 14.4 Å². The fourth-order valence-electron chi connectivity index (χ4n) is 5.64. The summed E-state index contributed by atoms with van der Waals surface area (Å²) in [7, 11) is 1.80. The molecule has 1 N–H and O–H groups in total. The van der Waals surface area contributed by atoms with E-state index < -0.39 is 6.04 Å². The molecule has 1 heterocycles. The van der Waals surface area contributed by atoms with Crippen LogP contribution in [0.25, 0.3) is 0 Å². The van der Waals surface area contributed by atoms with Crippen LogP contribution < -0.4 is 5.32 Å². The number of piperidine rings is 1. The molecule has 0 aromatic carbocycles. The van der Waals surface area contributed by atoms with Crippen molar-refractivity contribution in [3.63, 3.8) is 0 Å². The number of rotatable bonds is 10. The summed E-state index contributed by atoms with van der Waals surface area (Å²) in [5.74, 6) is -0.200. The molecular weight excluding hydrogens is 442 g/mol. The van der Waals surface area contributed by atoms with E-state index in [-0.39, 0.29) is 41.7 Å². The molecule has 1 aliphatic carbocycles. The molecule has 0 radical (unpaired) electrons. The minimum absolute atomic E-state index is 0.0185. The van der Waals surface area contributed by atoms with Crippen LogP contribution in [0.3, 0.4) is 0 Å². The van der Waals surface area contributed by atoms with Crippen LogP contribution in [0.1, 0.15) is 92.9 Å². The first-order chi connectivity index (χ1) is 16.6. The molecule has 200 valence electrons. The SMILES string of the molecule is CCOC(=O)C(C)=C[C@H](C(C)C)N(C)C(=O)[C@@H](NC(=O)[C@H]1CCCCN1C(C)C)C1CCCCC1. The van der Waals surface area contributed by atoms with E-state index in [1.807, 2.05) is 19.9 Å². The zero-order valence-electron chi connectivity index (χ0n) is 23.1. The first-order valence-corrected chi connectivity index (χ1v) is 13.8. The highest BCUT2D eigenvalue weighted by Crippen LogP contribution is 2.29. The van der Waals surface area contributed by atoms with E-state index in [2.05, 4.69) is 24.1 Å². The number of nitrogens with one attached hydrogen (secondary N) is 1. The van der Waals surface area contributed by atoms with Gasteiger partial charge in [-0.1, -0.05) is 45.6 Å². The second kappa shape index (κ2) is 14.0. The van der Waals surface area contributed by atoms with Gasteiger partial charge in [0.1, 0.15) is 6.04 Å². The molecule has 1 saturated heterocycles. The van der Waals surface area contributed by atoms with Gasteiger partial charge in [-0.15, -0.1) is 0 Å². The number of ether oxygens (including phenoxy) is 1. The Morgan fingerprint density at radius 2 is 1.66 bits per heavy atom. The molecule has 1 saturated carbocycles. The number of carbonyl (C=O) groups is 3. The van der Waals surface area contributed by atoms with Crippen molar-refractivity contribution >= 4 is 17.8 Å². The summed E-state index contributed by atoms with van der Waals surface area (Å²) in [4.78, 5) is 43.7. The Morgan fingerprint density at radius 1 is 1.03 bits per heavy atom. The third-order valence-electron chi connectivity index (χ3n) is 7.69. The number of hydrogen-bond donors (Lipinski definition) is 1. The predicted molar refractivity (Wildman–Crippen MR) is 140 cm³/mol.